The summed E-state index contributed by atoms with van der Waals surface area (Å²) >= 11 is 0. The monoisotopic (exact) mass is 491 g/mol. The van der Waals surface area contributed by atoms with Gasteiger partial charge < -0.3 is 14.6 Å². The van der Waals surface area contributed by atoms with Gasteiger partial charge in [-0.05, 0) is 68.0 Å². The van der Waals surface area contributed by atoms with Crippen LogP contribution in [0, 0.1) is 17.7 Å². The minimum Gasteiger partial charge on any atom is -0.453 e. The molecule has 5 rings (SSSR count). The summed E-state index contributed by atoms with van der Waals surface area (Å²) < 4.78 is 21.8. The summed E-state index contributed by atoms with van der Waals surface area (Å²) in [4.78, 5) is 14.8. The number of amides is 1. The molecule has 8 heteroatoms. The predicted octanol–water partition coefficient (Wildman–Crippen LogP) is 4.60. The van der Waals surface area contributed by atoms with Crippen LogP contribution in [0.25, 0.3) is 0 Å². The largest absolute Gasteiger partial charge is 0.453 e. The standard InChI is InChI=1S/C28H34FN5O2/c1-36-27(35)32-26-12-6-11-25(26)28(34-19-30-31-20-34,23-9-5-10-24(29)17-23)22-13-15-33(16-14-22)18-21-7-3-2-4-8-21/h2-5,7-10,17,19-20,22,25-26H,6,11-16,18H2,1H3,(H,32,35)/t25-,26-,28?/m0/s1. The third-order valence-corrected chi connectivity index (χ3v) is 8.16. The molecule has 2 fully saturated rings. The normalized spacial score (nSPS) is 22.7. The van der Waals surface area contributed by atoms with Gasteiger partial charge in [0.1, 0.15) is 18.5 Å². The molecule has 0 spiro atoms. The highest BCUT2D eigenvalue weighted by Gasteiger charge is 2.53. The molecule has 1 saturated carbocycles. The number of alkyl carbamates (subject to hydrolysis) is 1. The SMILES string of the molecule is COC(=O)N[C@H]1CCC[C@@H]1C(c1cccc(F)c1)(C1CCN(Cc2ccccc2)CC1)n1cnnc1. The van der Waals surface area contributed by atoms with Gasteiger partial charge in [0.05, 0.1) is 12.6 Å². The fourth-order valence-electron chi connectivity index (χ4n) is 6.68. The number of nitrogens with one attached hydrogen (secondary N) is 1. The van der Waals surface area contributed by atoms with Gasteiger partial charge in [-0.2, -0.15) is 0 Å². The molecule has 1 saturated heterocycles. The lowest BCUT2D eigenvalue weighted by molar-refractivity contribution is 0.0505. The maximum Gasteiger partial charge on any atom is 0.407 e. The molecule has 3 atom stereocenters. The minimum atomic E-state index is -0.591. The van der Waals surface area contributed by atoms with Crippen molar-refractivity contribution in [3.63, 3.8) is 0 Å². The van der Waals surface area contributed by atoms with Gasteiger partial charge in [-0.25, -0.2) is 9.18 Å². The first-order valence-electron chi connectivity index (χ1n) is 12.8. The molecule has 0 radical (unpaired) electrons. The molecular weight excluding hydrogens is 457 g/mol. The Balaban J connectivity index is 1.52. The number of aromatic nitrogens is 3. The molecule has 1 unspecified atom stereocenters. The Morgan fingerprint density at radius 3 is 2.50 bits per heavy atom. The molecule has 7 nitrogen and oxygen atoms in total. The summed E-state index contributed by atoms with van der Waals surface area (Å²) in [5.74, 6) is -0.00520. The summed E-state index contributed by atoms with van der Waals surface area (Å²) in [7, 11) is 1.39. The molecule has 2 aliphatic rings. The number of hydrogen-bond donors (Lipinski definition) is 1. The van der Waals surface area contributed by atoms with Crippen molar-refractivity contribution in [2.75, 3.05) is 20.2 Å². The zero-order chi connectivity index (χ0) is 25.0. The van der Waals surface area contributed by atoms with Gasteiger partial charge in [0.15, 0.2) is 0 Å². The number of piperidine rings is 1. The van der Waals surface area contributed by atoms with Crippen LogP contribution in [0.3, 0.4) is 0 Å². The van der Waals surface area contributed by atoms with Crippen LogP contribution in [0.2, 0.25) is 0 Å². The van der Waals surface area contributed by atoms with Crippen molar-refractivity contribution in [2.45, 2.75) is 50.2 Å². The summed E-state index contributed by atoms with van der Waals surface area (Å²) in [6, 6.07) is 17.4. The Morgan fingerprint density at radius 1 is 1.06 bits per heavy atom. The lowest BCUT2D eigenvalue weighted by atomic mass is 9.64. The Bertz CT molecular complexity index is 1130. The number of likely N-dealkylation sites (tertiary alicyclic amines) is 1. The summed E-state index contributed by atoms with van der Waals surface area (Å²) in [6.07, 6.45) is 7.72. The van der Waals surface area contributed by atoms with Gasteiger partial charge in [0.25, 0.3) is 0 Å². The van der Waals surface area contributed by atoms with Crippen molar-refractivity contribution < 1.29 is 13.9 Å². The number of rotatable bonds is 7. The van der Waals surface area contributed by atoms with E-state index < -0.39 is 11.6 Å². The molecule has 2 aromatic carbocycles. The molecule has 1 aliphatic heterocycles. The maximum absolute atomic E-state index is 14.7. The Labute approximate surface area is 211 Å². The number of carbonyl (C=O) groups excluding carboxylic acids is 1. The number of ether oxygens (including phenoxy) is 1. The topological polar surface area (TPSA) is 72.3 Å². The van der Waals surface area contributed by atoms with E-state index in [-0.39, 0.29) is 23.7 Å². The zero-order valence-electron chi connectivity index (χ0n) is 20.7. The summed E-state index contributed by atoms with van der Waals surface area (Å²) in [5.41, 5.74) is 1.63. The number of halogens is 1. The Morgan fingerprint density at radius 2 is 1.81 bits per heavy atom. The van der Waals surface area contributed by atoms with E-state index in [2.05, 4.69) is 49.2 Å². The number of hydrogen-bond acceptors (Lipinski definition) is 5. The minimum absolute atomic E-state index is 0.0417. The maximum atomic E-state index is 14.7. The highest BCUT2D eigenvalue weighted by Crippen LogP contribution is 2.51. The molecule has 0 bridgehead atoms. The first kappa shape index (κ1) is 24.4. The van der Waals surface area contributed by atoms with Crippen molar-refractivity contribution >= 4 is 6.09 Å². The van der Waals surface area contributed by atoms with E-state index in [4.69, 9.17) is 4.74 Å². The quantitative estimate of drug-likeness (QED) is 0.523. The van der Waals surface area contributed by atoms with Crippen molar-refractivity contribution in [3.8, 4) is 0 Å². The van der Waals surface area contributed by atoms with Gasteiger partial charge in [-0.3, -0.25) is 4.90 Å². The van der Waals surface area contributed by atoms with Crippen molar-refractivity contribution in [1.82, 2.24) is 25.0 Å². The second-order valence-corrected chi connectivity index (χ2v) is 10.0. The van der Waals surface area contributed by atoms with Gasteiger partial charge in [0, 0.05) is 18.5 Å². The number of methoxy groups -OCH3 is 1. The van der Waals surface area contributed by atoms with E-state index in [0.29, 0.717) is 0 Å². The average molecular weight is 492 g/mol. The van der Waals surface area contributed by atoms with E-state index in [1.54, 1.807) is 24.8 Å². The van der Waals surface area contributed by atoms with Crippen LogP contribution in [0.15, 0.2) is 67.3 Å². The van der Waals surface area contributed by atoms with Crippen LogP contribution in [0.5, 0.6) is 0 Å². The smallest absolute Gasteiger partial charge is 0.407 e. The van der Waals surface area contributed by atoms with E-state index >= 15 is 0 Å². The number of carbonyl (C=O) groups is 1. The Kier molecular flexibility index (Phi) is 7.32. The second-order valence-electron chi connectivity index (χ2n) is 10.0. The van der Waals surface area contributed by atoms with Gasteiger partial charge in [0.2, 0.25) is 0 Å². The molecule has 36 heavy (non-hydrogen) atoms. The lowest BCUT2D eigenvalue weighted by Crippen LogP contribution is -2.56. The van der Waals surface area contributed by atoms with Crippen molar-refractivity contribution in [3.05, 3.63) is 84.2 Å². The van der Waals surface area contributed by atoms with Crippen LogP contribution in [0.1, 0.15) is 43.2 Å². The van der Waals surface area contributed by atoms with Crippen LogP contribution in [-0.2, 0) is 16.8 Å². The second kappa shape index (κ2) is 10.8. The zero-order valence-corrected chi connectivity index (χ0v) is 20.7. The van der Waals surface area contributed by atoms with Crippen molar-refractivity contribution in [1.29, 1.82) is 0 Å². The van der Waals surface area contributed by atoms with Crippen molar-refractivity contribution in [2.24, 2.45) is 11.8 Å². The Hall–Kier alpha value is -3.26. The van der Waals surface area contributed by atoms with Crippen LogP contribution in [-0.4, -0.2) is 52.0 Å². The molecular formula is C28H34FN5O2. The molecule has 190 valence electrons. The lowest BCUT2D eigenvalue weighted by Gasteiger charge is -2.51. The van der Waals surface area contributed by atoms with Gasteiger partial charge >= 0.3 is 6.09 Å². The van der Waals surface area contributed by atoms with Crippen LogP contribution >= 0.6 is 0 Å². The summed E-state index contributed by atoms with van der Waals surface area (Å²) in [5, 5.41) is 11.4. The molecule has 1 aliphatic carbocycles. The van der Waals surface area contributed by atoms with Crippen LogP contribution in [0.4, 0.5) is 9.18 Å². The first-order valence-corrected chi connectivity index (χ1v) is 12.8. The molecule has 2 heterocycles. The number of nitrogens with zero attached hydrogens (tertiary/aromatic N) is 4. The first-order chi connectivity index (χ1) is 17.6. The fraction of sp³-hybridized carbons (Fsp3) is 0.464. The predicted molar refractivity (Wildman–Crippen MR) is 135 cm³/mol. The van der Waals surface area contributed by atoms with E-state index in [9.17, 15) is 9.18 Å². The molecule has 3 aromatic rings. The van der Waals surface area contributed by atoms with E-state index in [1.165, 1.54) is 18.7 Å². The van der Waals surface area contributed by atoms with E-state index in [0.717, 1.165) is 57.3 Å². The molecule has 1 aromatic heterocycles. The fourth-order valence-corrected chi connectivity index (χ4v) is 6.68. The highest BCUT2D eigenvalue weighted by molar-refractivity contribution is 5.67. The summed E-state index contributed by atoms with van der Waals surface area (Å²) in [6.45, 7) is 2.81. The molecule has 1 N–H and O–H groups in total. The third-order valence-electron chi connectivity index (χ3n) is 8.16. The molecule has 1 amide bonds. The highest BCUT2D eigenvalue weighted by atomic mass is 19.1. The third kappa shape index (κ3) is 4.74. The van der Waals surface area contributed by atoms with E-state index in [1.807, 2.05) is 12.1 Å². The van der Waals surface area contributed by atoms with Gasteiger partial charge in [-0.15, -0.1) is 10.2 Å². The average Bonchev–Trinajstić information content (AvgIpc) is 3.60. The van der Waals surface area contributed by atoms with Gasteiger partial charge in [-0.1, -0.05) is 48.9 Å². The van der Waals surface area contributed by atoms with Crippen LogP contribution < -0.4 is 5.32 Å². The number of benzene rings is 2.